The fourth-order valence-electron chi connectivity index (χ4n) is 5.04. The Bertz CT molecular complexity index is 1030. The van der Waals surface area contributed by atoms with Crippen molar-refractivity contribution >= 4 is 18.0 Å². The van der Waals surface area contributed by atoms with Crippen LogP contribution in [0.4, 0.5) is 4.79 Å². The fraction of sp³-hybridized carbons (Fsp3) is 0.400. The second-order valence-corrected chi connectivity index (χ2v) is 9.10. The van der Waals surface area contributed by atoms with Gasteiger partial charge in [0.15, 0.2) is 0 Å². The SMILES string of the molecule is O=C(NC1(CC(=O)N2CC(C(=O)O)C2)CCC1)OCC1c2ccccc2-c2ccccc21. The average molecular weight is 434 g/mol. The number of aliphatic carboxylic acids is 1. The first kappa shape index (κ1) is 20.5. The molecule has 0 aromatic heterocycles. The minimum Gasteiger partial charge on any atom is -0.481 e. The molecule has 1 saturated heterocycles. The molecule has 32 heavy (non-hydrogen) atoms. The van der Waals surface area contributed by atoms with E-state index in [-0.39, 0.29) is 37.9 Å². The Hall–Kier alpha value is -3.35. The highest BCUT2D eigenvalue weighted by atomic mass is 16.5. The number of carboxylic acid groups (broad SMARTS) is 1. The first-order valence-corrected chi connectivity index (χ1v) is 11.1. The van der Waals surface area contributed by atoms with Crippen molar-refractivity contribution in [1.29, 1.82) is 0 Å². The maximum Gasteiger partial charge on any atom is 0.407 e. The van der Waals surface area contributed by atoms with Gasteiger partial charge in [0, 0.05) is 19.0 Å². The van der Waals surface area contributed by atoms with Crippen LogP contribution < -0.4 is 5.32 Å². The van der Waals surface area contributed by atoms with Crippen LogP contribution in [0.2, 0.25) is 0 Å². The monoisotopic (exact) mass is 434 g/mol. The van der Waals surface area contributed by atoms with E-state index in [1.54, 1.807) is 4.90 Å². The minimum absolute atomic E-state index is 0.0128. The molecule has 166 valence electrons. The van der Waals surface area contributed by atoms with Crippen molar-refractivity contribution in [2.24, 2.45) is 5.92 Å². The van der Waals surface area contributed by atoms with Gasteiger partial charge in [-0.15, -0.1) is 0 Å². The molecule has 0 radical (unpaired) electrons. The molecule has 0 spiro atoms. The zero-order valence-electron chi connectivity index (χ0n) is 17.8. The standard InChI is InChI=1S/C25H26N2O5/c28-22(27-13-16(14-27)23(29)30)12-25(10-5-11-25)26-24(31)32-15-21-19-8-3-1-6-17(19)18-7-2-4-9-20(18)21/h1-4,6-9,16,21H,5,10-15H2,(H,26,31)(H,29,30). The van der Waals surface area contributed by atoms with Gasteiger partial charge >= 0.3 is 12.1 Å². The van der Waals surface area contributed by atoms with Gasteiger partial charge in [0.05, 0.1) is 17.9 Å². The number of carbonyl (C=O) groups is 3. The molecule has 2 fully saturated rings. The average Bonchev–Trinajstić information content (AvgIpc) is 3.03. The highest BCUT2D eigenvalue weighted by molar-refractivity contribution is 5.83. The summed E-state index contributed by atoms with van der Waals surface area (Å²) in [6.45, 7) is 0.723. The first-order valence-electron chi connectivity index (χ1n) is 11.1. The largest absolute Gasteiger partial charge is 0.481 e. The zero-order chi connectivity index (χ0) is 22.3. The van der Waals surface area contributed by atoms with E-state index >= 15 is 0 Å². The molecule has 1 saturated carbocycles. The summed E-state index contributed by atoms with van der Waals surface area (Å²) in [5.41, 5.74) is 4.06. The first-order chi connectivity index (χ1) is 15.5. The lowest BCUT2D eigenvalue weighted by atomic mass is 9.74. The number of fused-ring (bicyclic) bond motifs is 3. The Labute approximate surface area is 186 Å². The number of nitrogens with zero attached hydrogens (tertiary/aromatic N) is 1. The molecule has 5 rings (SSSR count). The number of hydrogen-bond acceptors (Lipinski definition) is 4. The summed E-state index contributed by atoms with van der Waals surface area (Å²) >= 11 is 0. The van der Waals surface area contributed by atoms with Gasteiger partial charge in [0.25, 0.3) is 0 Å². The topological polar surface area (TPSA) is 95.9 Å². The maximum absolute atomic E-state index is 12.7. The molecular formula is C25H26N2O5. The van der Waals surface area contributed by atoms with Crippen LogP contribution in [-0.2, 0) is 14.3 Å². The summed E-state index contributed by atoms with van der Waals surface area (Å²) in [4.78, 5) is 37.8. The normalized spacial score (nSPS) is 18.7. The number of likely N-dealkylation sites (tertiary alicyclic amines) is 1. The van der Waals surface area contributed by atoms with E-state index in [0.29, 0.717) is 0 Å². The number of benzene rings is 2. The van der Waals surface area contributed by atoms with Crippen molar-refractivity contribution in [3.05, 3.63) is 59.7 Å². The van der Waals surface area contributed by atoms with Gasteiger partial charge in [-0.2, -0.15) is 0 Å². The highest BCUT2D eigenvalue weighted by Gasteiger charge is 2.44. The van der Waals surface area contributed by atoms with Gasteiger partial charge in [-0.05, 0) is 41.5 Å². The van der Waals surface area contributed by atoms with Gasteiger partial charge in [-0.25, -0.2) is 4.79 Å². The molecule has 0 unspecified atom stereocenters. The summed E-state index contributed by atoms with van der Waals surface area (Å²) in [5, 5.41) is 11.9. The predicted octanol–water partition coefficient (Wildman–Crippen LogP) is 3.38. The quantitative estimate of drug-likeness (QED) is 0.727. The molecule has 1 aliphatic heterocycles. The van der Waals surface area contributed by atoms with Crippen LogP contribution >= 0.6 is 0 Å². The molecule has 2 aromatic carbocycles. The van der Waals surface area contributed by atoms with Crippen LogP contribution in [0.15, 0.2) is 48.5 Å². The Morgan fingerprint density at radius 1 is 1.00 bits per heavy atom. The van der Waals surface area contributed by atoms with Crippen molar-refractivity contribution in [1.82, 2.24) is 10.2 Å². The van der Waals surface area contributed by atoms with Crippen LogP contribution in [0.1, 0.15) is 42.7 Å². The second kappa shape index (κ2) is 7.97. The maximum atomic E-state index is 12.7. The van der Waals surface area contributed by atoms with E-state index in [9.17, 15) is 14.4 Å². The molecule has 7 heteroatoms. The lowest BCUT2D eigenvalue weighted by Crippen LogP contribution is -2.59. The van der Waals surface area contributed by atoms with Crippen LogP contribution in [0.5, 0.6) is 0 Å². The van der Waals surface area contributed by atoms with E-state index < -0.39 is 23.5 Å². The lowest BCUT2D eigenvalue weighted by molar-refractivity contribution is -0.153. The number of carboxylic acids is 1. The van der Waals surface area contributed by atoms with Gasteiger partial charge in [-0.3, -0.25) is 9.59 Å². The number of ether oxygens (including phenoxy) is 1. The van der Waals surface area contributed by atoms with Gasteiger partial charge in [0.2, 0.25) is 5.91 Å². The summed E-state index contributed by atoms with van der Waals surface area (Å²) in [6.07, 6.45) is 2.06. The molecule has 2 N–H and O–H groups in total. The van der Waals surface area contributed by atoms with E-state index in [1.807, 2.05) is 24.3 Å². The van der Waals surface area contributed by atoms with E-state index in [0.717, 1.165) is 30.4 Å². The summed E-state index contributed by atoms with van der Waals surface area (Å²) in [5.74, 6) is -1.47. The summed E-state index contributed by atoms with van der Waals surface area (Å²) < 4.78 is 5.65. The third kappa shape index (κ3) is 3.61. The van der Waals surface area contributed by atoms with E-state index in [1.165, 1.54) is 11.1 Å². The van der Waals surface area contributed by atoms with Crippen molar-refractivity contribution < 1.29 is 24.2 Å². The number of amides is 2. The molecule has 2 aliphatic carbocycles. The van der Waals surface area contributed by atoms with Gasteiger partial charge in [-0.1, -0.05) is 48.5 Å². The number of carbonyl (C=O) groups excluding carboxylic acids is 2. The molecule has 1 heterocycles. The Kier molecular flexibility index (Phi) is 5.12. The van der Waals surface area contributed by atoms with E-state index in [2.05, 4.69) is 29.6 Å². The molecule has 2 amide bonds. The second-order valence-electron chi connectivity index (χ2n) is 9.10. The van der Waals surface area contributed by atoms with Crippen molar-refractivity contribution in [2.75, 3.05) is 19.7 Å². The van der Waals surface area contributed by atoms with Gasteiger partial charge < -0.3 is 20.1 Å². The molecular weight excluding hydrogens is 408 g/mol. The molecule has 0 bridgehead atoms. The third-order valence-corrected chi connectivity index (χ3v) is 7.09. The molecule has 7 nitrogen and oxygen atoms in total. The Morgan fingerprint density at radius 3 is 2.12 bits per heavy atom. The predicted molar refractivity (Wildman–Crippen MR) is 117 cm³/mol. The molecule has 0 atom stereocenters. The fourth-order valence-corrected chi connectivity index (χ4v) is 5.04. The molecule has 2 aromatic rings. The lowest BCUT2D eigenvalue weighted by Gasteiger charge is -2.44. The van der Waals surface area contributed by atoms with Crippen LogP contribution in [0.3, 0.4) is 0 Å². The smallest absolute Gasteiger partial charge is 0.407 e. The third-order valence-electron chi connectivity index (χ3n) is 7.09. The minimum atomic E-state index is -0.871. The van der Waals surface area contributed by atoms with Gasteiger partial charge in [0.1, 0.15) is 6.61 Å². The van der Waals surface area contributed by atoms with Crippen molar-refractivity contribution in [3.63, 3.8) is 0 Å². The Balaban J connectivity index is 1.20. The molecule has 3 aliphatic rings. The Morgan fingerprint density at radius 2 is 1.59 bits per heavy atom. The highest BCUT2D eigenvalue weighted by Crippen LogP contribution is 2.44. The van der Waals surface area contributed by atoms with Crippen LogP contribution in [0.25, 0.3) is 11.1 Å². The number of nitrogens with one attached hydrogen (secondary N) is 1. The zero-order valence-corrected chi connectivity index (χ0v) is 17.8. The van der Waals surface area contributed by atoms with Crippen molar-refractivity contribution in [3.8, 4) is 11.1 Å². The van der Waals surface area contributed by atoms with Crippen LogP contribution in [-0.4, -0.2) is 53.2 Å². The summed E-state index contributed by atoms with van der Waals surface area (Å²) in [7, 11) is 0. The van der Waals surface area contributed by atoms with Crippen molar-refractivity contribution in [2.45, 2.75) is 37.1 Å². The summed E-state index contributed by atoms with van der Waals surface area (Å²) in [6, 6.07) is 16.4. The van der Waals surface area contributed by atoms with E-state index in [4.69, 9.17) is 9.84 Å². The van der Waals surface area contributed by atoms with Crippen LogP contribution in [0, 0.1) is 5.92 Å². The number of alkyl carbamates (subject to hydrolysis) is 1. The number of hydrogen-bond donors (Lipinski definition) is 2. The number of rotatable bonds is 6.